The van der Waals surface area contributed by atoms with E-state index >= 15 is 0 Å². The summed E-state index contributed by atoms with van der Waals surface area (Å²) in [5, 5.41) is 53.8. The van der Waals surface area contributed by atoms with Gasteiger partial charge in [-0.15, -0.1) is 0 Å². The monoisotopic (exact) mass is 682 g/mol. The summed E-state index contributed by atoms with van der Waals surface area (Å²) >= 11 is 0. The lowest BCUT2D eigenvalue weighted by molar-refractivity contribution is -0.302. The van der Waals surface area contributed by atoms with Gasteiger partial charge in [0.15, 0.2) is 6.29 Å². The first kappa shape index (κ1) is 44.4. The van der Waals surface area contributed by atoms with Gasteiger partial charge in [-0.2, -0.15) is 0 Å². The second kappa shape index (κ2) is 30.3. The Balaban J connectivity index is 2.48. The molecule has 1 aliphatic heterocycles. The average molecular weight is 682 g/mol. The van der Waals surface area contributed by atoms with Crippen LogP contribution in [0.4, 0.5) is 0 Å². The van der Waals surface area contributed by atoms with Gasteiger partial charge >= 0.3 is 0 Å². The summed E-state index contributed by atoms with van der Waals surface area (Å²) < 4.78 is 11.1. The molecule has 48 heavy (non-hydrogen) atoms. The highest BCUT2D eigenvalue weighted by atomic mass is 16.7. The summed E-state index contributed by atoms with van der Waals surface area (Å²) in [6.45, 7) is 3.66. The highest BCUT2D eigenvalue weighted by molar-refractivity contribution is 5.76. The Morgan fingerprint density at radius 3 is 1.88 bits per heavy atom. The Labute approximate surface area is 291 Å². The molecule has 7 unspecified atom stereocenters. The van der Waals surface area contributed by atoms with Gasteiger partial charge in [-0.1, -0.05) is 134 Å². The molecule has 0 aromatic carbocycles. The molecular formula is C39H71NO8. The molecule has 1 fully saturated rings. The molecular weight excluding hydrogens is 610 g/mol. The van der Waals surface area contributed by atoms with E-state index in [0.717, 1.165) is 70.6 Å². The summed E-state index contributed by atoms with van der Waals surface area (Å²) in [6.07, 6.45) is 27.5. The number of hydrogen-bond donors (Lipinski definition) is 6. The van der Waals surface area contributed by atoms with E-state index in [2.05, 4.69) is 43.5 Å². The first-order chi connectivity index (χ1) is 23.3. The number of rotatable bonds is 30. The van der Waals surface area contributed by atoms with Crippen LogP contribution in [-0.2, 0) is 14.3 Å². The van der Waals surface area contributed by atoms with Crippen LogP contribution in [-0.4, -0.2) is 87.5 Å². The molecule has 0 spiro atoms. The van der Waals surface area contributed by atoms with Crippen molar-refractivity contribution in [1.29, 1.82) is 0 Å². The lowest BCUT2D eigenvalue weighted by atomic mass is 9.99. The first-order valence-corrected chi connectivity index (χ1v) is 19.2. The second-order valence-corrected chi connectivity index (χ2v) is 13.4. The highest BCUT2D eigenvalue weighted by Crippen LogP contribution is 2.22. The zero-order valence-corrected chi connectivity index (χ0v) is 30.2. The van der Waals surface area contributed by atoms with E-state index in [9.17, 15) is 30.3 Å². The number of nitrogens with one attached hydrogen (secondary N) is 1. The minimum absolute atomic E-state index is 0.194. The fraction of sp³-hybridized carbons (Fsp3) is 0.821. The van der Waals surface area contributed by atoms with Crippen molar-refractivity contribution in [2.75, 3.05) is 13.2 Å². The zero-order chi connectivity index (χ0) is 35.2. The van der Waals surface area contributed by atoms with Crippen LogP contribution in [0.25, 0.3) is 0 Å². The Hall–Kier alpha value is -1.59. The number of aliphatic hydroxyl groups excluding tert-OH is 5. The fourth-order valence-electron chi connectivity index (χ4n) is 5.78. The van der Waals surface area contributed by atoms with Crippen molar-refractivity contribution in [2.24, 2.45) is 0 Å². The molecule has 0 aliphatic carbocycles. The third-order valence-corrected chi connectivity index (χ3v) is 8.94. The molecule has 280 valence electrons. The van der Waals surface area contributed by atoms with E-state index in [4.69, 9.17) is 9.47 Å². The lowest BCUT2D eigenvalue weighted by Gasteiger charge is -2.40. The summed E-state index contributed by atoms with van der Waals surface area (Å²) in [7, 11) is 0. The Kier molecular flexibility index (Phi) is 28.0. The van der Waals surface area contributed by atoms with Crippen LogP contribution in [0.5, 0.6) is 0 Å². The van der Waals surface area contributed by atoms with Gasteiger partial charge in [0.1, 0.15) is 24.4 Å². The van der Waals surface area contributed by atoms with Crippen molar-refractivity contribution >= 4 is 5.91 Å². The Morgan fingerprint density at radius 1 is 0.708 bits per heavy atom. The van der Waals surface area contributed by atoms with E-state index in [1.54, 1.807) is 6.08 Å². The summed E-state index contributed by atoms with van der Waals surface area (Å²) in [6, 6.07) is -0.808. The van der Waals surface area contributed by atoms with Gasteiger partial charge in [0.05, 0.1) is 25.4 Å². The molecule has 0 aromatic rings. The van der Waals surface area contributed by atoms with Crippen LogP contribution in [0, 0.1) is 0 Å². The van der Waals surface area contributed by atoms with Crippen molar-refractivity contribution in [1.82, 2.24) is 5.32 Å². The molecule has 0 radical (unpaired) electrons. The third-order valence-electron chi connectivity index (χ3n) is 8.94. The first-order valence-electron chi connectivity index (χ1n) is 19.2. The van der Waals surface area contributed by atoms with E-state index < -0.39 is 49.5 Å². The summed E-state index contributed by atoms with van der Waals surface area (Å²) in [5.74, 6) is -0.196. The predicted molar refractivity (Wildman–Crippen MR) is 193 cm³/mol. The minimum Gasteiger partial charge on any atom is -0.394 e. The molecule has 1 aliphatic rings. The number of carbonyl (C=O) groups excluding carboxylic acids is 1. The molecule has 9 heteroatoms. The van der Waals surface area contributed by atoms with E-state index in [-0.39, 0.29) is 12.5 Å². The van der Waals surface area contributed by atoms with Crippen LogP contribution >= 0.6 is 0 Å². The van der Waals surface area contributed by atoms with Crippen molar-refractivity contribution < 1.29 is 39.8 Å². The Morgan fingerprint density at radius 2 is 1.27 bits per heavy atom. The molecule has 1 saturated heterocycles. The van der Waals surface area contributed by atoms with Gasteiger partial charge in [-0.25, -0.2) is 0 Å². The molecule has 1 rings (SSSR count). The number of allylic oxidation sites excluding steroid dienone is 5. The molecule has 6 N–H and O–H groups in total. The topological polar surface area (TPSA) is 149 Å². The van der Waals surface area contributed by atoms with Gasteiger partial charge in [-0.3, -0.25) is 4.79 Å². The fourth-order valence-corrected chi connectivity index (χ4v) is 5.78. The normalized spacial score (nSPS) is 23.0. The van der Waals surface area contributed by atoms with Crippen molar-refractivity contribution in [3.8, 4) is 0 Å². The van der Waals surface area contributed by atoms with Gasteiger partial charge in [0, 0.05) is 6.42 Å². The average Bonchev–Trinajstić information content (AvgIpc) is 3.08. The molecule has 9 nitrogen and oxygen atoms in total. The van der Waals surface area contributed by atoms with Gasteiger partial charge in [-0.05, 0) is 44.9 Å². The maximum Gasteiger partial charge on any atom is 0.220 e. The predicted octanol–water partition coefficient (Wildman–Crippen LogP) is 6.55. The van der Waals surface area contributed by atoms with Crippen LogP contribution in [0.1, 0.15) is 149 Å². The number of hydrogen-bond acceptors (Lipinski definition) is 8. The zero-order valence-electron chi connectivity index (χ0n) is 30.2. The van der Waals surface area contributed by atoms with Crippen LogP contribution in [0.15, 0.2) is 36.5 Å². The van der Waals surface area contributed by atoms with Gasteiger partial charge in [0.2, 0.25) is 5.91 Å². The number of ether oxygens (including phenoxy) is 2. The molecule has 0 aromatic heterocycles. The second-order valence-electron chi connectivity index (χ2n) is 13.4. The van der Waals surface area contributed by atoms with E-state index in [0.29, 0.717) is 6.42 Å². The van der Waals surface area contributed by atoms with Gasteiger partial charge < -0.3 is 40.3 Å². The van der Waals surface area contributed by atoms with Crippen LogP contribution in [0.2, 0.25) is 0 Å². The quantitative estimate of drug-likeness (QED) is 0.0370. The van der Waals surface area contributed by atoms with Crippen molar-refractivity contribution in [3.05, 3.63) is 36.5 Å². The maximum atomic E-state index is 12.8. The highest BCUT2D eigenvalue weighted by Gasteiger charge is 2.44. The van der Waals surface area contributed by atoms with Crippen molar-refractivity contribution in [2.45, 2.75) is 192 Å². The van der Waals surface area contributed by atoms with E-state index in [1.165, 1.54) is 57.8 Å². The number of aliphatic hydroxyl groups is 5. The largest absolute Gasteiger partial charge is 0.394 e. The third kappa shape index (κ3) is 21.5. The summed E-state index contributed by atoms with van der Waals surface area (Å²) in [5.41, 5.74) is 0. The SMILES string of the molecule is CCC/C=C\C/C=C\CCCCCCCC(=O)NC(COC1OC(CO)C(O)C(O)C1O)C(O)/C=C/CCCCCCCCCCCC. The number of unbranched alkanes of at least 4 members (excludes halogenated alkanes) is 16. The summed E-state index contributed by atoms with van der Waals surface area (Å²) in [4.78, 5) is 12.8. The standard InChI is InChI=1S/C39H71NO8/c1-3-5-7-9-11-13-15-17-19-21-23-25-27-29-35(43)40-32(31-47-39-38(46)37(45)36(44)34(30-41)48-39)33(42)28-26-24-22-20-18-16-14-12-10-8-6-4-2/h7,9,13,15,26,28,32-34,36-39,41-42,44-46H,3-6,8,10-12,14,16-25,27,29-31H2,1-2H3,(H,40,43)/b9-7-,15-13-,28-26+. The molecule has 1 heterocycles. The van der Waals surface area contributed by atoms with Crippen LogP contribution < -0.4 is 5.32 Å². The molecule has 1 amide bonds. The van der Waals surface area contributed by atoms with Gasteiger partial charge in [0.25, 0.3) is 0 Å². The minimum atomic E-state index is -1.57. The maximum absolute atomic E-state index is 12.8. The van der Waals surface area contributed by atoms with E-state index in [1.807, 2.05) is 6.08 Å². The molecule has 7 atom stereocenters. The lowest BCUT2D eigenvalue weighted by Crippen LogP contribution is -2.60. The molecule has 0 saturated carbocycles. The number of carbonyl (C=O) groups is 1. The smallest absolute Gasteiger partial charge is 0.220 e. The Bertz CT molecular complexity index is 848. The number of amides is 1. The van der Waals surface area contributed by atoms with Crippen molar-refractivity contribution in [3.63, 3.8) is 0 Å². The molecule has 0 bridgehead atoms. The van der Waals surface area contributed by atoms with Crippen LogP contribution in [0.3, 0.4) is 0 Å².